The van der Waals surface area contributed by atoms with E-state index >= 15 is 0 Å². The fourth-order valence-electron chi connectivity index (χ4n) is 2.71. The van der Waals surface area contributed by atoms with Gasteiger partial charge in [0, 0.05) is 22.9 Å². The zero-order chi connectivity index (χ0) is 12.8. The van der Waals surface area contributed by atoms with E-state index in [0.29, 0.717) is 5.75 Å². The van der Waals surface area contributed by atoms with Crippen LogP contribution in [0, 0.1) is 0 Å². The molecule has 0 bridgehead atoms. The number of rotatable bonds is 0. The predicted octanol–water partition coefficient (Wildman–Crippen LogP) is 0.441. The Labute approximate surface area is 126 Å². The van der Waals surface area contributed by atoms with Gasteiger partial charge in [-0.25, -0.2) is 0 Å². The van der Waals surface area contributed by atoms with Gasteiger partial charge >= 0.3 is 0 Å². The summed E-state index contributed by atoms with van der Waals surface area (Å²) in [6.07, 6.45) is 1.79. The number of aromatic nitrogens is 1. The largest absolute Gasteiger partial charge is 1.00 e. The Morgan fingerprint density at radius 1 is 0.700 bits per heavy atom. The van der Waals surface area contributed by atoms with E-state index in [1.807, 2.05) is 40.8 Å². The molecule has 0 aliphatic rings. The van der Waals surface area contributed by atoms with Gasteiger partial charge in [0.1, 0.15) is 0 Å². The first-order valence-electron chi connectivity index (χ1n) is 6.28. The molecular formula is C17H12BrNO. The second kappa shape index (κ2) is 4.76. The molecule has 0 amide bonds. The molecule has 0 aliphatic carbocycles. The highest BCUT2D eigenvalue weighted by Crippen LogP contribution is 2.26. The normalized spacial score (nSPS) is 10.8. The second-order valence-corrected chi connectivity index (χ2v) is 4.71. The maximum Gasteiger partial charge on any atom is 0.219 e. The molecule has 0 atom stereocenters. The van der Waals surface area contributed by atoms with Crippen LogP contribution in [0.1, 0.15) is 0 Å². The average Bonchev–Trinajstić information content (AvgIpc) is 2.47. The predicted molar refractivity (Wildman–Crippen MR) is 76.3 cm³/mol. The lowest BCUT2D eigenvalue weighted by molar-refractivity contribution is -0.481. The minimum absolute atomic E-state index is 0. The lowest BCUT2D eigenvalue weighted by Gasteiger charge is -2.02. The molecule has 0 radical (unpaired) electrons. The molecule has 3 heteroatoms. The summed E-state index contributed by atoms with van der Waals surface area (Å²) in [6, 6.07) is 20.3. The van der Waals surface area contributed by atoms with E-state index in [1.165, 1.54) is 0 Å². The van der Waals surface area contributed by atoms with Crippen molar-refractivity contribution in [1.82, 2.24) is 0 Å². The van der Waals surface area contributed by atoms with Gasteiger partial charge in [-0.2, -0.15) is 4.40 Å². The van der Waals surface area contributed by atoms with Crippen molar-refractivity contribution in [3.05, 3.63) is 66.9 Å². The molecule has 98 valence electrons. The minimum atomic E-state index is 0. The van der Waals surface area contributed by atoms with Crippen molar-refractivity contribution in [2.75, 3.05) is 0 Å². The topological polar surface area (TPSA) is 24.3 Å². The first kappa shape index (κ1) is 12.9. The number of aromatic hydroxyl groups is 1. The zero-order valence-electron chi connectivity index (χ0n) is 10.6. The van der Waals surface area contributed by atoms with E-state index in [2.05, 4.69) is 24.3 Å². The molecule has 2 aromatic heterocycles. The van der Waals surface area contributed by atoms with E-state index in [9.17, 15) is 5.11 Å². The Kier molecular flexibility index (Phi) is 3.07. The minimum Gasteiger partial charge on any atom is -1.00 e. The van der Waals surface area contributed by atoms with E-state index in [-0.39, 0.29) is 17.0 Å². The van der Waals surface area contributed by atoms with Gasteiger partial charge in [0.25, 0.3) is 0 Å². The van der Waals surface area contributed by atoms with Crippen LogP contribution in [0.15, 0.2) is 66.9 Å². The lowest BCUT2D eigenvalue weighted by Crippen LogP contribution is -3.00. The maximum atomic E-state index is 10.2. The molecular weight excluding hydrogens is 314 g/mol. The fourth-order valence-corrected chi connectivity index (χ4v) is 2.71. The molecule has 4 rings (SSSR count). The third-order valence-corrected chi connectivity index (χ3v) is 3.61. The number of halogens is 1. The molecule has 4 aromatic rings. The Bertz CT molecular complexity index is 934. The summed E-state index contributed by atoms with van der Waals surface area (Å²) < 4.78 is 2.05. The van der Waals surface area contributed by atoms with E-state index in [1.54, 1.807) is 6.20 Å². The molecule has 0 unspecified atom stereocenters. The molecule has 2 heterocycles. The SMILES string of the molecule is Oc1c[n+]2c3ccccc3ccc2c2ccccc12.[Br-]. The highest BCUT2D eigenvalue weighted by Gasteiger charge is 2.14. The number of fused-ring (bicyclic) bond motifs is 5. The summed E-state index contributed by atoms with van der Waals surface area (Å²) in [4.78, 5) is 0. The maximum absolute atomic E-state index is 10.2. The third kappa shape index (κ3) is 1.74. The third-order valence-electron chi connectivity index (χ3n) is 3.61. The quantitative estimate of drug-likeness (QED) is 0.368. The van der Waals surface area contributed by atoms with Crippen LogP contribution in [0.4, 0.5) is 0 Å². The van der Waals surface area contributed by atoms with Crippen molar-refractivity contribution in [3.8, 4) is 5.75 Å². The van der Waals surface area contributed by atoms with Crippen molar-refractivity contribution >= 4 is 27.2 Å². The second-order valence-electron chi connectivity index (χ2n) is 4.71. The van der Waals surface area contributed by atoms with Crippen molar-refractivity contribution in [2.24, 2.45) is 0 Å². The molecule has 2 aromatic carbocycles. The van der Waals surface area contributed by atoms with Gasteiger partial charge in [0.2, 0.25) is 17.2 Å². The molecule has 0 saturated heterocycles. The molecule has 20 heavy (non-hydrogen) atoms. The van der Waals surface area contributed by atoms with Gasteiger partial charge in [-0.3, -0.25) is 0 Å². The van der Waals surface area contributed by atoms with Crippen molar-refractivity contribution in [3.63, 3.8) is 0 Å². The fraction of sp³-hybridized carbons (Fsp3) is 0. The summed E-state index contributed by atoms with van der Waals surface area (Å²) >= 11 is 0. The van der Waals surface area contributed by atoms with Crippen LogP contribution in [0.2, 0.25) is 0 Å². The molecule has 0 aliphatic heterocycles. The lowest BCUT2D eigenvalue weighted by atomic mass is 10.1. The summed E-state index contributed by atoms with van der Waals surface area (Å²) in [5, 5.41) is 13.3. The molecule has 2 nitrogen and oxygen atoms in total. The summed E-state index contributed by atoms with van der Waals surface area (Å²) in [7, 11) is 0. The van der Waals surface area contributed by atoms with Gasteiger partial charge in [-0.05, 0) is 18.2 Å². The van der Waals surface area contributed by atoms with E-state index < -0.39 is 0 Å². The van der Waals surface area contributed by atoms with Crippen LogP contribution in [0.3, 0.4) is 0 Å². The van der Waals surface area contributed by atoms with Crippen LogP contribution < -0.4 is 21.4 Å². The summed E-state index contributed by atoms with van der Waals surface area (Å²) in [6.45, 7) is 0. The van der Waals surface area contributed by atoms with Crippen LogP contribution in [0.5, 0.6) is 5.75 Å². The van der Waals surface area contributed by atoms with Gasteiger partial charge in [-0.15, -0.1) is 0 Å². The first-order chi connectivity index (χ1) is 9.34. The number of hydrogen-bond acceptors (Lipinski definition) is 1. The number of nitrogens with zero attached hydrogens (tertiary/aromatic N) is 1. The molecule has 1 N–H and O–H groups in total. The van der Waals surface area contributed by atoms with Crippen LogP contribution in [-0.2, 0) is 0 Å². The van der Waals surface area contributed by atoms with Crippen LogP contribution >= 0.6 is 0 Å². The summed E-state index contributed by atoms with van der Waals surface area (Å²) in [5.41, 5.74) is 2.20. The molecule has 0 saturated carbocycles. The van der Waals surface area contributed by atoms with Crippen LogP contribution in [0.25, 0.3) is 27.2 Å². The summed E-state index contributed by atoms with van der Waals surface area (Å²) in [5.74, 6) is 0.310. The first-order valence-corrected chi connectivity index (χ1v) is 6.28. The number of pyridine rings is 2. The molecule has 0 fully saturated rings. The van der Waals surface area contributed by atoms with Gasteiger partial charge in [0.05, 0.1) is 5.39 Å². The smallest absolute Gasteiger partial charge is 0.219 e. The van der Waals surface area contributed by atoms with Gasteiger partial charge in [-0.1, -0.05) is 30.3 Å². The Morgan fingerprint density at radius 3 is 2.25 bits per heavy atom. The molecule has 0 spiro atoms. The van der Waals surface area contributed by atoms with Crippen molar-refractivity contribution < 1.29 is 26.5 Å². The number of para-hydroxylation sites is 1. The number of benzene rings is 2. The van der Waals surface area contributed by atoms with Crippen LogP contribution in [-0.4, -0.2) is 5.11 Å². The number of hydrogen-bond donors (Lipinski definition) is 1. The van der Waals surface area contributed by atoms with E-state index in [0.717, 1.165) is 27.2 Å². The Morgan fingerprint density at radius 2 is 1.40 bits per heavy atom. The highest BCUT2D eigenvalue weighted by molar-refractivity contribution is 5.98. The standard InChI is InChI=1S/C17H11NO.BrH/c19-17-11-18-15-8-4-1-5-12(15)9-10-16(18)13-6-2-3-7-14(13)17;/h1-11H;1H. The average molecular weight is 326 g/mol. The van der Waals surface area contributed by atoms with Gasteiger partial charge in [0.15, 0.2) is 5.75 Å². The Hall–Kier alpha value is -2.13. The zero-order valence-corrected chi connectivity index (χ0v) is 12.2. The Balaban J connectivity index is 0.00000121. The van der Waals surface area contributed by atoms with Crippen molar-refractivity contribution in [2.45, 2.75) is 0 Å². The monoisotopic (exact) mass is 325 g/mol. The highest BCUT2D eigenvalue weighted by atomic mass is 79.9. The van der Waals surface area contributed by atoms with Crippen molar-refractivity contribution in [1.29, 1.82) is 0 Å². The van der Waals surface area contributed by atoms with Gasteiger partial charge < -0.3 is 22.1 Å². The van der Waals surface area contributed by atoms with E-state index in [4.69, 9.17) is 0 Å².